The van der Waals surface area contributed by atoms with E-state index >= 15 is 0 Å². The SMILES string of the molecule is C=C[C@@H]1C[C@@]2(C(=O)N(CCC)c3ccc(Br)cc32)[C@H](C(C)C)N1Cc1ccccc1. The molecule has 1 fully saturated rings. The van der Waals surface area contributed by atoms with Crippen molar-refractivity contribution in [3.8, 4) is 0 Å². The van der Waals surface area contributed by atoms with Crippen molar-refractivity contribution >= 4 is 27.5 Å². The van der Waals surface area contributed by atoms with E-state index < -0.39 is 5.41 Å². The van der Waals surface area contributed by atoms with Crippen LogP contribution in [-0.2, 0) is 16.8 Å². The van der Waals surface area contributed by atoms with Crippen LogP contribution < -0.4 is 4.90 Å². The first-order valence-corrected chi connectivity index (χ1v) is 11.8. The Morgan fingerprint density at radius 1 is 1.23 bits per heavy atom. The smallest absolute Gasteiger partial charge is 0.239 e. The zero-order valence-corrected chi connectivity index (χ0v) is 19.7. The average Bonchev–Trinajstić information content (AvgIpc) is 3.17. The van der Waals surface area contributed by atoms with E-state index in [-0.39, 0.29) is 18.0 Å². The van der Waals surface area contributed by atoms with Gasteiger partial charge in [0.2, 0.25) is 5.91 Å². The molecule has 1 saturated heterocycles. The van der Waals surface area contributed by atoms with Crippen molar-refractivity contribution in [3.63, 3.8) is 0 Å². The van der Waals surface area contributed by atoms with Crippen molar-refractivity contribution in [2.24, 2.45) is 5.92 Å². The number of benzene rings is 2. The number of carbonyl (C=O) groups excluding carboxylic acids is 1. The van der Waals surface area contributed by atoms with Crippen molar-refractivity contribution in [3.05, 3.63) is 76.8 Å². The molecule has 30 heavy (non-hydrogen) atoms. The van der Waals surface area contributed by atoms with Crippen LogP contribution in [0.2, 0.25) is 0 Å². The van der Waals surface area contributed by atoms with E-state index in [4.69, 9.17) is 0 Å². The molecule has 1 spiro atoms. The Labute approximate surface area is 188 Å². The number of carbonyl (C=O) groups is 1. The normalized spacial score (nSPS) is 26.0. The van der Waals surface area contributed by atoms with Gasteiger partial charge in [0.1, 0.15) is 0 Å². The van der Waals surface area contributed by atoms with Crippen LogP contribution in [0.3, 0.4) is 0 Å². The summed E-state index contributed by atoms with van der Waals surface area (Å²) < 4.78 is 1.03. The lowest BCUT2D eigenvalue weighted by Crippen LogP contribution is -2.52. The highest BCUT2D eigenvalue weighted by atomic mass is 79.9. The summed E-state index contributed by atoms with van der Waals surface area (Å²) in [7, 11) is 0. The van der Waals surface area contributed by atoms with Gasteiger partial charge in [-0.2, -0.15) is 0 Å². The molecule has 0 aliphatic carbocycles. The van der Waals surface area contributed by atoms with Gasteiger partial charge in [0, 0.05) is 35.3 Å². The number of hydrogen-bond donors (Lipinski definition) is 0. The maximum Gasteiger partial charge on any atom is 0.239 e. The van der Waals surface area contributed by atoms with Gasteiger partial charge in [0.05, 0.1) is 5.41 Å². The van der Waals surface area contributed by atoms with Crippen molar-refractivity contribution in [1.29, 1.82) is 0 Å². The number of halogens is 1. The number of fused-ring (bicyclic) bond motifs is 2. The van der Waals surface area contributed by atoms with Gasteiger partial charge < -0.3 is 4.90 Å². The molecule has 0 saturated carbocycles. The van der Waals surface area contributed by atoms with Gasteiger partial charge >= 0.3 is 0 Å². The number of anilines is 1. The predicted molar refractivity (Wildman–Crippen MR) is 128 cm³/mol. The van der Waals surface area contributed by atoms with E-state index in [1.165, 1.54) is 11.1 Å². The monoisotopic (exact) mass is 466 g/mol. The molecule has 2 heterocycles. The first kappa shape index (κ1) is 21.3. The highest BCUT2D eigenvalue weighted by molar-refractivity contribution is 9.10. The maximum atomic E-state index is 14.1. The van der Waals surface area contributed by atoms with Crippen molar-refractivity contribution < 1.29 is 4.79 Å². The van der Waals surface area contributed by atoms with Gasteiger partial charge in [-0.15, -0.1) is 6.58 Å². The van der Waals surface area contributed by atoms with E-state index in [0.29, 0.717) is 5.92 Å². The highest BCUT2D eigenvalue weighted by Gasteiger charge is 2.62. The van der Waals surface area contributed by atoms with Gasteiger partial charge in [-0.3, -0.25) is 9.69 Å². The molecule has 3 atom stereocenters. The van der Waals surface area contributed by atoms with Gasteiger partial charge in [0.15, 0.2) is 0 Å². The van der Waals surface area contributed by atoms with Crippen LogP contribution in [0.5, 0.6) is 0 Å². The van der Waals surface area contributed by atoms with E-state index in [2.05, 4.69) is 96.7 Å². The average molecular weight is 467 g/mol. The predicted octanol–water partition coefficient (Wildman–Crippen LogP) is 5.93. The molecular formula is C26H31BrN2O. The molecule has 0 radical (unpaired) electrons. The second-order valence-corrected chi connectivity index (χ2v) is 9.86. The number of rotatable bonds is 6. The minimum atomic E-state index is -0.532. The fourth-order valence-corrected chi connectivity index (χ4v) is 6.09. The molecule has 4 heteroatoms. The van der Waals surface area contributed by atoms with E-state index in [1.54, 1.807) is 0 Å². The lowest BCUT2D eigenvalue weighted by Gasteiger charge is -2.38. The molecule has 1 amide bonds. The second-order valence-electron chi connectivity index (χ2n) is 8.94. The molecule has 0 unspecified atom stereocenters. The summed E-state index contributed by atoms with van der Waals surface area (Å²) in [4.78, 5) is 18.7. The van der Waals surface area contributed by atoms with Gasteiger partial charge in [0.25, 0.3) is 0 Å². The summed E-state index contributed by atoms with van der Waals surface area (Å²) in [5.41, 5.74) is 3.00. The third-order valence-corrected chi connectivity index (χ3v) is 7.23. The molecular weight excluding hydrogens is 436 g/mol. The summed E-state index contributed by atoms with van der Waals surface area (Å²) in [5.74, 6) is 0.592. The first-order valence-electron chi connectivity index (χ1n) is 11.0. The Kier molecular flexibility index (Phi) is 5.91. The largest absolute Gasteiger partial charge is 0.311 e. The molecule has 2 aliphatic heterocycles. The Bertz CT molecular complexity index is 941. The fourth-order valence-electron chi connectivity index (χ4n) is 5.73. The van der Waals surface area contributed by atoms with Crippen LogP contribution >= 0.6 is 15.9 Å². The third kappa shape index (κ3) is 3.25. The molecule has 0 N–H and O–H groups in total. The first-order chi connectivity index (χ1) is 14.4. The van der Waals surface area contributed by atoms with Crippen LogP contribution in [0.1, 0.15) is 44.7 Å². The number of nitrogens with zero attached hydrogens (tertiary/aromatic N) is 2. The Morgan fingerprint density at radius 2 is 1.97 bits per heavy atom. The Balaban J connectivity index is 1.87. The topological polar surface area (TPSA) is 23.6 Å². The minimum absolute atomic E-state index is 0.114. The number of hydrogen-bond acceptors (Lipinski definition) is 2. The van der Waals surface area contributed by atoms with Gasteiger partial charge in [-0.05, 0) is 48.1 Å². The second kappa shape index (κ2) is 8.32. The standard InChI is InChI=1S/C26H31BrN2O/c1-5-14-28-23-13-12-20(27)15-22(23)26(25(28)30)16-21(6-2)29(24(26)18(3)4)17-19-10-8-7-9-11-19/h6-13,15,18,21,24H,2,5,14,16-17H2,1,3-4H3/t21-,24+,26+/m1/s1. The minimum Gasteiger partial charge on any atom is -0.311 e. The quantitative estimate of drug-likeness (QED) is 0.492. The molecule has 2 aliphatic rings. The third-order valence-electron chi connectivity index (χ3n) is 6.73. The molecule has 2 aromatic carbocycles. The lowest BCUT2D eigenvalue weighted by molar-refractivity contribution is -0.124. The van der Waals surface area contributed by atoms with E-state index in [9.17, 15) is 4.79 Å². The summed E-state index contributed by atoms with van der Waals surface area (Å²) in [6.45, 7) is 12.4. The molecule has 0 aromatic heterocycles. The molecule has 0 bridgehead atoms. The highest BCUT2D eigenvalue weighted by Crippen LogP contribution is 2.55. The molecule has 4 rings (SSSR count). The lowest BCUT2D eigenvalue weighted by atomic mass is 9.70. The molecule has 2 aromatic rings. The zero-order chi connectivity index (χ0) is 21.5. The Hall–Kier alpha value is -1.91. The van der Waals surface area contributed by atoms with Crippen LogP contribution in [0.4, 0.5) is 5.69 Å². The number of amides is 1. The maximum absolute atomic E-state index is 14.1. The summed E-state index contributed by atoms with van der Waals surface area (Å²) in [6.07, 6.45) is 3.78. The van der Waals surface area contributed by atoms with Crippen LogP contribution in [0.25, 0.3) is 0 Å². The van der Waals surface area contributed by atoms with Crippen LogP contribution in [0.15, 0.2) is 65.7 Å². The van der Waals surface area contributed by atoms with Gasteiger partial charge in [-0.25, -0.2) is 0 Å². The number of likely N-dealkylation sites (tertiary alicyclic amines) is 1. The summed E-state index contributed by atoms with van der Waals surface area (Å²) >= 11 is 3.67. The van der Waals surface area contributed by atoms with Crippen LogP contribution in [0, 0.1) is 5.92 Å². The van der Waals surface area contributed by atoms with Crippen molar-refractivity contribution in [2.45, 2.75) is 57.7 Å². The van der Waals surface area contributed by atoms with Gasteiger partial charge in [-0.1, -0.05) is 73.1 Å². The van der Waals surface area contributed by atoms with Crippen molar-refractivity contribution in [2.75, 3.05) is 11.4 Å². The van der Waals surface area contributed by atoms with E-state index in [1.807, 2.05) is 11.0 Å². The molecule has 3 nitrogen and oxygen atoms in total. The van der Waals surface area contributed by atoms with Crippen molar-refractivity contribution in [1.82, 2.24) is 4.90 Å². The Morgan fingerprint density at radius 3 is 2.60 bits per heavy atom. The van der Waals surface area contributed by atoms with E-state index in [0.717, 1.165) is 36.1 Å². The summed E-state index contributed by atoms with van der Waals surface area (Å²) in [5, 5.41) is 0. The zero-order valence-electron chi connectivity index (χ0n) is 18.1. The fraction of sp³-hybridized carbons (Fsp3) is 0.423. The summed E-state index contributed by atoms with van der Waals surface area (Å²) in [6, 6.07) is 17.2. The molecule has 158 valence electrons. The van der Waals surface area contributed by atoms with Crippen LogP contribution in [-0.4, -0.2) is 29.4 Å².